The lowest BCUT2D eigenvalue weighted by molar-refractivity contribution is -0.385. The molecule has 0 atom stereocenters. The molecule has 126 valence electrons. The van der Waals surface area contributed by atoms with Gasteiger partial charge < -0.3 is 9.64 Å². The van der Waals surface area contributed by atoms with Crippen molar-refractivity contribution in [1.82, 2.24) is 4.90 Å². The van der Waals surface area contributed by atoms with Crippen LogP contribution in [0.15, 0.2) is 35.0 Å². The first kappa shape index (κ1) is 16.4. The number of carbonyl (C=O) groups excluding carboxylic acids is 1. The van der Waals surface area contributed by atoms with Crippen LogP contribution in [-0.4, -0.2) is 28.9 Å². The second kappa shape index (κ2) is 7.00. The van der Waals surface area contributed by atoms with E-state index in [-0.39, 0.29) is 23.8 Å². The lowest BCUT2D eigenvalue weighted by Crippen LogP contribution is -2.33. The van der Waals surface area contributed by atoms with Gasteiger partial charge in [-0.1, -0.05) is 6.07 Å². The maximum atomic E-state index is 12.7. The first-order valence-electron chi connectivity index (χ1n) is 7.70. The van der Waals surface area contributed by atoms with E-state index in [1.54, 1.807) is 23.5 Å². The number of benzene rings is 1. The Morgan fingerprint density at radius 2 is 2.17 bits per heavy atom. The SMILES string of the molecule is COc1ccc(CC(=O)N(Cc2ccsc2)C2CC2)cc1[N+](=O)[O-]. The Hall–Kier alpha value is -2.41. The van der Waals surface area contributed by atoms with Gasteiger partial charge in [-0.3, -0.25) is 14.9 Å². The van der Waals surface area contributed by atoms with Gasteiger partial charge in [0.2, 0.25) is 5.91 Å². The summed E-state index contributed by atoms with van der Waals surface area (Å²) in [5.74, 6) is 0.205. The van der Waals surface area contributed by atoms with Gasteiger partial charge >= 0.3 is 5.69 Å². The van der Waals surface area contributed by atoms with Crippen molar-refractivity contribution >= 4 is 22.9 Å². The predicted octanol–water partition coefficient (Wildman–Crippen LogP) is 3.40. The average Bonchev–Trinajstić information content (AvgIpc) is 3.28. The van der Waals surface area contributed by atoms with Crippen LogP contribution in [0.25, 0.3) is 0 Å². The Labute approximate surface area is 143 Å². The highest BCUT2D eigenvalue weighted by molar-refractivity contribution is 7.07. The van der Waals surface area contributed by atoms with Gasteiger partial charge in [0, 0.05) is 18.7 Å². The predicted molar refractivity (Wildman–Crippen MR) is 91.2 cm³/mol. The Kier molecular flexibility index (Phi) is 4.80. The molecule has 1 aromatic carbocycles. The fraction of sp³-hybridized carbons (Fsp3) is 0.353. The molecule has 7 heteroatoms. The van der Waals surface area contributed by atoms with Crippen LogP contribution in [-0.2, 0) is 17.8 Å². The number of rotatable bonds is 7. The molecule has 2 aromatic rings. The van der Waals surface area contributed by atoms with Gasteiger partial charge in [0.05, 0.1) is 18.5 Å². The second-order valence-electron chi connectivity index (χ2n) is 5.82. The molecule has 0 N–H and O–H groups in total. The van der Waals surface area contributed by atoms with Crippen molar-refractivity contribution in [2.45, 2.75) is 31.8 Å². The molecule has 1 heterocycles. The van der Waals surface area contributed by atoms with Crippen molar-refractivity contribution < 1.29 is 14.5 Å². The van der Waals surface area contributed by atoms with Gasteiger partial charge in [0.1, 0.15) is 0 Å². The summed E-state index contributed by atoms with van der Waals surface area (Å²) in [6.07, 6.45) is 2.21. The van der Waals surface area contributed by atoms with E-state index in [0.29, 0.717) is 18.2 Å². The van der Waals surface area contributed by atoms with Crippen LogP contribution in [0.3, 0.4) is 0 Å². The fourth-order valence-electron chi connectivity index (χ4n) is 2.65. The highest BCUT2D eigenvalue weighted by atomic mass is 32.1. The number of thiophene rings is 1. The lowest BCUT2D eigenvalue weighted by Gasteiger charge is -2.22. The zero-order valence-electron chi connectivity index (χ0n) is 13.3. The van der Waals surface area contributed by atoms with Crippen LogP contribution in [0.2, 0.25) is 0 Å². The summed E-state index contributed by atoms with van der Waals surface area (Å²) in [5.41, 5.74) is 1.64. The van der Waals surface area contributed by atoms with Crippen molar-refractivity contribution in [3.63, 3.8) is 0 Å². The molecule has 0 unspecified atom stereocenters. The van der Waals surface area contributed by atoms with Crippen molar-refractivity contribution in [2.75, 3.05) is 7.11 Å². The number of nitro benzene ring substituents is 1. The molecule has 0 spiro atoms. The summed E-state index contributed by atoms with van der Waals surface area (Å²) in [6.45, 7) is 0.602. The Bertz CT molecular complexity index is 741. The van der Waals surface area contributed by atoms with Gasteiger partial charge in [-0.2, -0.15) is 11.3 Å². The highest BCUT2D eigenvalue weighted by Crippen LogP contribution is 2.31. The van der Waals surface area contributed by atoms with Gasteiger partial charge in [-0.15, -0.1) is 0 Å². The van der Waals surface area contributed by atoms with Gasteiger partial charge in [-0.25, -0.2) is 0 Å². The summed E-state index contributed by atoms with van der Waals surface area (Å²) in [4.78, 5) is 25.2. The van der Waals surface area contributed by atoms with Crippen LogP contribution < -0.4 is 4.74 Å². The Balaban J connectivity index is 1.75. The molecular formula is C17H18N2O4S. The van der Waals surface area contributed by atoms with Gasteiger partial charge in [-0.05, 0) is 46.9 Å². The minimum atomic E-state index is -0.489. The molecule has 0 radical (unpaired) electrons. The summed E-state index contributed by atoms with van der Waals surface area (Å²) in [5, 5.41) is 15.2. The third-order valence-electron chi connectivity index (χ3n) is 4.04. The summed E-state index contributed by atoms with van der Waals surface area (Å²) in [6, 6.07) is 6.99. The van der Waals surface area contributed by atoms with Crippen LogP contribution in [0, 0.1) is 10.1 Å². The molecular weight excluding hydrogens is 328 g/mol. The molecule has 0 aliphatic heterocycles. The van der Waals surface area contributed by atoms with Crippen molar-refractivity contribution in [3.05, 3.63) is 56.3 Å². The van der Waals surface area contributed by atoms with E-state index in [0.717, 1.165) is 18.4 Å². The Morgan fingerprint density at radius 1 is 1.38 bits per heavy atom. The molecule has 1 aromatic heterocycles. The van der Waals surface area contributed by atoms with Crippen molar-refractivity contribution in [2.24, 2.45) is 0 Å². The number of hydrogen-bond acceptors (Lipinski definition) is 5. The molecule has 1 aliphatic carbocycles. The maximum absolute atomic E-state index is 12.7. The molecule has 6 nitrogen and oxygen atoms in total. The summed E-state index contributed by atoms with van der Waals surface area (Å²) < 4.78 is 5.00. The van der Waals surface area contributed by atoms with E-state index in [9.17, 15) is 14.9 Å². The van der Waals surface area contributed by atoms with Gasteiger partial charge in [0.25, 0.3) is 0 Å². The zero-order valence-corrected chi connectivity index (χ0v) is 14.1. The van der Waals surface area contributed by atoms with Crippen LogP contribution in [0.5, 0.6) is 5.75 Å². The third kappa shape index (κ3) is 3.73. The highest BCUT2D eigenvalue weighted by Gasteiger charge is 2.32. The number of hydrogen-bond donors (Lipinski definition) is 0. The third-order valence-corrected chi connectivity index (χ3v) is 4.77. The monoisotopic (exact) mass is 346 g/mol. The minimum Gasteiger partial charge on any atom is -0.490 e. The standard InChI is InChI=1S/C17H18N2O4S/c1-23-16-5-2-12(8-15(16)19(21)22)9-17(20)18(14-3-4-14)10-13-6-7-24-11-13/h2,5-8,11,14H,3-4,9-10H2,1H3. The van der Waals surface area contributed by atoms with E-state index in [2.05, 4.69) is 0 Å². The van der Waals surface area contributed by atoms with E-state index in [4.69, 9.17) is 4.74 Å². The van der Waals surface area contributed by atoms with Crippen LogP contribution in [0.1, 0.15) is 24.0 Å². The molecule has 3 rings (SSSR count). The molecule has 1 amide bonds. The Morgan fingerprint density at radius 3 is 2.75 bits per heavy atom. The number of methoxy groups -OCH3 is 1. The maximum Gasteiger partial charge on any atom is 0.311 e. The number of ether oxygens (including phenoxy) is 1. The lowest BCUT2D eigenvalue weighted by atomic mass is 10.1. The van der Waals surface area contributed by atoms with Crippen molar-refractivity contribution in [1.29, 1.82) is 0 Å². The molecule has 1 saturated carbocycles. The molecule has 0 bridgehead atoms. The van der Waals surface area contributed by atoms with E-state index in [1.165, 1.54) is 13.2 Å². The number of carbonyl (C=O) groups is 1. The topological polar surface area (TPSA) is 72.7 Å². The van der Waals surface area contributed by atoms with Crippen LogP contribution >= 0.6 is 11.3 Å². The first-order chi connectivity index (χ1) is 11.6. The quantitative estimate of drug-likeness (QED) is 0.569. The normalized spacial score (nSPS) is 13.5. The largest absolute Gasteiger partial charge is 0.490 e. The van der Waals surface area contributed by atoms with E-state index in [1.807, 2.05) is 21.7 Å². The van der Waals surface area contributed by atoms with Crippen LogP contribution in [0.4, 0.5) is 5.69 Å². The molecule has 1 aliphatic rings. The minimum absolute atomic E-state index is 0.00293. The average molecular weight is 346 g/mol. The number of amides is 1. The summed E-state index contributed by atoms with van der Waals surface area (Å²) in [7, 11) is 1.39. The zero-order chi connectivity index (χ0) is 17.1. The second-order valence-corrected chi connectivity index (χ2v) is 6.60. The smallest absolute Gasteiger partial charge is 0.311 e. The van der Waals surface area contributed by atoms with E-state index < -0.39 is 4.92 Å². The molecule has 1 fully saturated rings. The van der Waals surface area contributed by atoms with Crippen molar-refractivity contribution in [3.8, 4) is 5.75 Å². The molecule has 0 saturated heterocycles. The first-order valence-corrected chi connectivity index (χ1v) is 8.64. The summed E-state index contributed by atoms with van der Waals surface area (Å²) >= 11 is 1.61. The fourth-order valence-corrected chi connectivity index (χ4v) is 3.31. The van der Waals surface area contributed by atoms with E-state index >= 15 is 0 Å². The van der Waals surface area contributed by atoms with Gasteiger partial charge in [0.15, 0.2) is 5.75 Å². The molecule has 24 heavy (non-hydrogen) atoms. The number of nitro groups is 1. The number of nitrogens with zero attached hydrogens (tertiary/aromatic N) is 2.